The Hall–Kier alpha value is -2.17. The summed E-state index contributed by atoms with van der Waals surface area (Å²) in [7, 11) is 0. The fraction of sp³-hybridized carbons (Fsp3) is 0.471. The fourth-order valence-electron chi connectivity index (χ4n) is 1.88. The molecule has 0 aliphatic carbocycles. The van der Waals surface area contributed by atoms with Gasteiger partial charge in [-0.3, -0.25) is 0 Å². The number of hydrogen-bond acceptors (Lipinski definition) is 5. The van der Waals surface area contributed by atoms with E-state index in [1.807, 2.05) is 20.8 Å². The first-order valence-corrected chi connectivity index (χ1v) is 7.57. The van der Waals surface area contributed by atoms with Crippen molar-refractivity contribution in [1.82, 2.24) is 0 Å². The van der Waals surface area contributed by atoms with Gasteiger partial charge in [-0.25, -0.2) is 4.79 Å². The average Bonchev–Trinajstić information content (AvgIpc) is 2.48. The predicted molar refractivity (Wildman–Crippen MR) is 85.6 cm³/mol. The van der Waals surface area contributed by atoms with Crippen molar-refractivity contribution >= 4 is 12.0 Å². The van der Waals surface area contributed by atoms with E-state index in [1.165, 1.54) is 6.08 Å². The summed E-state index contributed by atoms with van der Waals surface area (Å²) in [5.41, 5.74) is 0.695. The SMILES string of the molecule is CCOC(=O)C=Cc1c(OCC)cc(OCC)cc1OCC. The van der Waals surface area contributed by atoms with Crippen LogP contribution in [-0.4, -0.2) is 32.4 Å². The lowest BCUT2D eigenvalue weighted by atomic mass is 10.1. The molecule has 1 aromatic carbocycles. The lowest BCUT2D eigenvalue weighted by molar-refractivity contribution is -0.137. The molecule has 0 aliphatic rings. The fourth-order valence-corrected chi connectivity index (χ4v) is 1.88. The molecule has 0 bridgehead atoms. The van der Waals surface area contributed by atoms with Crippen molar-refractivity contribution in [2.45, 2.75) is 27.7 Å². The van der Waals surface area contributed by atoms with Gasteiger partial charge in [0.15, 0.2) is 0 Å². The molecular weight excluding hydrogens is 284 g/mol. The van der Waals surface area contributed by atoms with Gasteiger partial charge in [0, 0.05) is 18.2 Å². The van der Waals surface area contributed by atoms with Crippen LogP contribution in [-0.2, 0) is 9.53 Å². The van der Waals surface area contributed by atoms with Crippen LogP contribution in [0.2, 0.25) is 0 Å². The van der Waals surface area contributed by atoms with Crippen molar-refractivity contribution in [2.24, 2.45) is 0 Å². The van der Waals surface area contributed by atoms with Gasteiger partial charge in [-0.15, -0.1) is 0 Å². The van der Waals surface area contributed by atoms with E-state index in [9.17, 15) is 4.79 Å². The minimum atomic E-state index is -0.402. The molecule has 0 aliphatic heterocycles. The third kappa shape index (κ3) is 5.31. The van der Waals surface area contributed by atoms with Gasteiger partial charge in [-0.05, 0) is 33.8 Å². The number of hydrogen-bond donors (Lipinski definition) is 0. The maximum Gasteiger partial charge on any atom is 0.330 e. The highest BCUT2D eigenvalue weighted by Crippen LogP contribution is 2.35. The number of carbonyl (C=O) groups excluding carboxylic acids is 1. The van der Waals surface area contributed by atoms with Crippen LogP contribution in [0.4, 0.5) is 0 Å². The Morgan fingerprint density at radius 2 is 1.45 bits per heavy atom. The van der Waals surface area contributed by atoms with E-state index in [2.05, 4.69) is 0 Å². The monoisotopic (exact) mass is 308 g/mol. The van der Waals surface area contributed by atoms with Gasteiger partial charge in [0.25, 0.3) is 0 Å². The highest BCUT2D eigenvalue weighted by Gasteiger charge is 2.12. The average molecular weight is 308 g/mol. The summed E-state index contributed by atoms with van der Waals surface area (Å²) in [5.74, 6) is 1.49. The van der Waals surface area contributed by atoms with Crippen LogP contribution >= 0.6 is 0 Å². The molecule has 0 saturated carbocycles. The van der Waals surface area contributed by atoms with Gasteiger partial charge in [-0.1, -0.05) is 0 Å². The topological polar surface area (TPSA) is 54.0 Å². The molecule has 0 fully saturated rings. The molecule has 5 nitrogen and oxygen atoms in total. The summed E-state index contributed by atoms with van der Waals surface area (Å²) in [6, 6.07) is 3.58. The Labute approximate surface area is 131 Å². The first kappa shape index (κ1) is 17.9. The van der Waals surface area contributed by atoms with Crippen molar-refractivity contribution in [3.8, 4) is 17.2 Å². The van der Waals surface area contributed by atoms with Gasteiger partial charge in [-0.2, -0.15) is 0 Å². The summed E-state index contributed by atoms with van der Waals surface area (Å²) in [5, 5.41) is 0. The molecule has 22 heavy (non-hydrogen) atoms. The Morgan fingerprint density at radius 3 is 1.91 bits per heavy atom. The smallest absolute Gasteiger partial charge is 0.330 e. The molecule has 0 amide bonds. The van der Waals surface area contributed by atoms with Crippen molar-refractivity contribution < 1.29 is 23.7 Å². The zero-order valence-corrected chi connectivity index (χ0v) is 13.7. The Bertz CT molecular complexity index is 481. The van der Waals surface area contributed by atoms with Crippen LogP contribution in [0, 0.1) is 0 Å². The zero-order valence-electron chi connectivity index (χ0n) is 13.7. The van der Waals surface area contributed by atoms with Crippen LogP contribution in [0.1, 0.15) is 33.3 Å². The summed E-state index contributed by atoms with van der Waals surface area (Å²) in [6.45, 7) is 9.36. The third-order valence-corrected chi connectivity index (χ3v) is 2.66. The maximum atomic E-state index is 11.5. The normalized spacial score (nSPS) is 10.5. The number of carbonyl (C=O) groups is 1. The summed E-state index contributed by atoms with van der Waals surface area (Å²) in [4.78, 5) is 11.5. The third-order valence-electron chi connectivity index (χ3n) is 2.66. The molecule has 1 aromatic rings. The van der Waals surface area contributed by atoms with Crippen molar-refractivity contribution in [1.29, 1.82) is 0 Å². The number of benzene rings is 1. The number of rotatable bonds is 9. The van der Waals surface area contributed by atoms with Crippen molar-refractivity contribution in [2.75, 3.05) is 26.4 Å². The van der Waals surface area contributed by atoms with Crippen LogP contribution in [0.5, 0.6) is 17.2 Å². The predicted octanol–water partition coefficient (Wildman–Crippen LogP) is 3.46. The molecule has 122 valence electrons. The first-order valence-electron chi connectivity index (χ1n) is 7.57. The van der Waals surface area contributed by atoms with Gasteiger partial charge in [0.1, 0.15) is 17.2 Å². The van der Waals surface area contributed by atoms with Gasteiger partial charge in [0.2, 0.25) is 0 Å². The van der Waals surface area contributed by atoms with Crippen LogP contribution in [0.25, 0.3) is 6.08 Å². The number of ether oxygens (including phenoxy) is 4. The van der Waals surface area contributed by atoms with Crippen LogP contribution in [0.3, 0.4) is 0 Å². The molecule has 0 N–H and O–H groups in total. The van der Waals surface area contributed by atoms with Crippen LogP contribution in [0.15, 0.2) is 18.2 Å². The molecule has 5 heteroatoms. The maximum absolute atomic E-state index is 11.5. The molecule has 0 aromatic heterocycles. The van der Waals surface area contributed by atoms with E-state index < -0.39 is 5.97 Å². The van der Waals surface area contributed by atoms with E-state index >= 15 is 0 Å². The molecular formula is C17H24O5. The molecule has 0 atom stereocenters. The Kier molecular flexibility index (Phi) is 7.89. The summed E-state index contributed by atoms with van der Waals surface area (Å²) >= 11 is 0. The Balaban J connectivity index is 3.21. The van der Waals surface area contributed by atoms with E-state index in [0.29, 0.717) is 49.2 Å². The molecule has 0 unspecified atom stereocenters. The molecule has 0 spiro atoms. The molecule has 0 saturated heterocycles. The lowest BCUT2D eigenvalue weighted by Crippen LogP contribution is -2.02. The largest absolute Gasteiger partial charge is 0.494 e. The quantitative estimate of drug-likeness (QED) is 0.516. The second-order valence-electron chi connectivity index (χ2n) is 4.22. The van der Waals surface area contributed by atoms with Crippen molar-refractivity contribution in [3.05, 3.63) is 23.8 Å². The minimum Gasteiger partial charge on any atom is -0.494 e. The van der Waals surface area contributed by atoms with E-state index in [4.69, 9.17) is 18.9 Å². The molecule has 0 heterocycles. The standard InChI is InChI=1S/C17H24O5/c1-5-19-13-11-15(20-6-2)14(16(12-13)21-7-3)9-10-17(18)22-8-4/h9-12H,5-8H2,1-4H3. The highest BCUT2D eigenvalue weighted by atomic mass is 16.5. The summed E-state index contributed by atoms with van der Waals surface area (Å²) < 4.78 is 21.7. The highest BCUT2D eigenvalue weighted by molar-refractivity contribution is 5.88. The van der Waals surface area contributed by atoms with Gasteiger partial charge in [0.05, 0.1) is 32.0 Å². The lowest BCUT2D eigenvalue weighted by Gasteiger charge is -2.15. The van der Waals surface area contributed by atoms with E-state index in [0.717, 1.165) is 0 Å². The molecule has 0 radical (unpaired) electrons. The zero-order chi connectivity index (χ0) is 16.4. The number of esters is 1. The second-order valence-corrected chi connectivity index (χ2v) is 4.22. The molecule has 1 rings (SSSR count). The van der Waals surface area contributed by atoms with Crippen LogP contribution < -0.4 is 14.2 Å². The summed E-state index contributed by atoms with van der Waals surface area (Å²) in [6.07, 6.45) is 3.01. The first-order chi connectivity index (χ1) is 10.7. The van der Waals surface area contributed by atoms with E-state index in [1.54, 1.807) is 25.1 Å². The minimum absolute atomic E-state index is 0.336. The van der Waals surface area contributed by atoms with Crippen molar-refractivity contribution in [3.63, 3.8) is 0 Å². The Morgan fingerprint density at radius 1 is 0.909 bits per heavy atom. The van der Waals surface area contributed by atoms with Gasteiger partial charge >= 0.3 is 5.97 Å². The second kappa shape index (κ2) is 9.71. The van der Waals surface area contributed by atoms with E-state index in [-0.39, 0.29) is 0 Å². The van der Waals surface area contributed by atoms with Gasteiger partial charge < -0.3 is 18.9 Å².